The fourth-order valence-corrected chi connectivity index (χ4v) is 2.73. The number of nitrogens with one attached hydrogen (secondary N) is 1. The molecule has 1 atom stereocenters. The predicted molar refractivity (Wildman–Crippen MR) is 86.2 cm³/mol. The molecule has 1 unspecified atom stereocenters. The lowest BCUT2D eigenvalue weighted by molar-refractivity contribution is -0.116. The van der Waals surface area contributed by atoms with Gasteiger partial charge in [0.1, 0.15) is 11.5 Å². The van der Waals surface area contributed by atoms with Crippen molar-refractivity contribution in [1.29, 1.82) is 0 Å². The summed E-state index contributed by atoms with van der Waals surface area (Å²) in [5.41, 5.74) is 1.22. The van der Waals surface area contributed by atoms with Crippen LogP contribution in [0, 0.1) is 6.92 Å². The quantitative estimate of drug-likeness (QED) is 0.834. The van der Waals surface area contributed by atoms with Gasteiger partial charge in [-0.25, -0.2) is 0 Å². The fraction of sp³-hybridized carbons (Fsp3) is 0.312. The van der Waals surface area contributed by atoms with E-state index >= 15 is 0 Å². The molecule has 0 saturated heterocycles. The molecule has 0 saturated carbocycles. The molecule has 2 aromatic heterocycles. The Morgan fingerprint density at radius 3 is 2.81 bits per heavy atom. The Morgan fingerprint density at radius 2 is 2.24 bits per heavy atom. The molecule has 112 valence electrons. The number of hydrogen-bond acceptors (Lipinski definition) is 4. The molecule has 5 heteroatoms. The first kappa shape index (κ1) is 15.5. The molecule has 1 amide bonds. The molecule has 2 heterocycles. The van der Waals surface area contributed by atoms with E-state index in [0.717, 1.165) is 5.76 Å². The molecule has 2 rings (SSSR count). The molecule has 0 aliphatic rings. The van der Waals surface area contributed by atoms with Crippen molar-refractivity contribution in [2.75, 3.05) is 20.6 Å². The van der Waals surface area contributed by atoms with Crippen molar-refractivity contribution in [3.8, 4) is 0 Å². The average molecular weight is 304 g/mol. The number of amides is 1. The lowest BCUT2D eigenvalue weighted by Crippen LogP contribution is -2.33. The van der Waals surface area contributed by atoms with Crippen molar-refractivity contribution in [3.63, 3.8) is 0 Å². The molecule has 0 bridgehead atoms. The van der Waals surface area contributed by atoms with Crippen LogP contribution in [0.25, 0.3) is 6.08 Å². The monoisotopic (exact) mass is 304 g/mol. The molecule has 0 aromatic carbocycles. The minimum absolute atomic E-state index is 0.119. The highest BCUT2D eigenvalue weighted by Gasteiger charge is 2.14. The Labute approximate surface area is 129 Å². The first-order valence-electron chi connectivity index (χ1n) is 6.77. The van der Waals surface area contributed by atoms with Crippen LogP contribution < -0.4 is 5.32 Å². The summed E-state index contributed by atoms with van der Waals surface area (Å²) >= 11 is 1.66. The lowest BCUT2D eigenvalue weighted by atomic mass is 10.1. The zero-order valence-electron chi connectivity index (χ0n) is 12.5. The van der Waals surface area contributed by atoms with Crippen molar-refractivity contribution in [2.45, 2.75) is 13.0 Å². The Morgan fingerprint density at radius 1 is 1.43 bits per heavy atom. The topological polar surface area (TPSA) is 45.5 Å². The number of furan rings is 1. The maximum Gasteiger partial charge on any atom is 0.244 e. The number of hydrogen-bond donors (Lipinski definition) is 1. The molecule has 21 heavy (non-hydrogen) atoms. The van der Waals surface area contributed by atoms with Gasteiger partial charge in [0, 0.05) is 12.6 Å². The molecule has 0 aliphatic carbocycles. The summed E-state index contributed by atoms with van der Waals surface area (Å²) in [6, 6.07) is 5.98. The van der Waals surface area contributed by atoms with E-state index in [1.54, 1.807) is 17.4 Å². The SMILES string of the molecule is Cc1ccc(/C=C/C(=O)NCC(c2ccsc2)N(C)C)o1. The highest BCUT2D eigenvalue weighted by atomic mass is 32.1. The van der Waals surface area contributed by atoms with Crippen LogP contribution in [0.3, 0.4) is 0 Å². The van der Waals surface area contributed by atoms with Crippen LogP contribution in [0.15, 0.2) is 39.5 Å². The number of aryl methyl sites for hydroxylation is 1. The summed E-state index contributed by atoms with van der Waals surface area (Å²) in [5, 5.41) is 7.08. The summed E-state index contributed by atoms with van der Waals surface area (Å²) in [6.45, 7) is 2.45. The van der Waals surface area contributed by atoms with E-state index in [9.17, 15) is 4.79 Å². The van der Waals surface area contributed by atoms with Crippen LogP contribution >= 0.6 is 11.3 Å². The number of nitrogens with zero attached hydrogens (tertiary/aromatic N) is 1. The van der Waals surface area contributed by atoms with Crippen LogP contribution in [0.4, 0.5) is 0 Å². The Bertz CT molecular complexity index is 600. The van der Waals surface area contributed by atoms with E-state index in [1.807, 2.05) is 38.5 Å². The summed E-state index contributed by atoms with van der Waals surface area (Å²) in [7, 11) is 4.02. The third kappa shape index (κ3) is 4.58. The van der Waals surface area contributed by atoms with Crippen LogP contribution in [0.2, 0.25) is 0 Å². The van der Waals surface area contributed by atoms with E-state index in [2.05, 4.69) is 21.7 Å². The van der Waals surface area contributed by atoms with Gasteiger partial charge >= 0.3 is 0 Å². The second kappa shape index (κ2) is 7.24. The number of likely N-dealkylation sites (N-methyl/N-ethyl adjacent to an activating group) is 1. The smallest absolute Gasteiger partial charge is 0.244 e. The second-order valence-corrected chi connectivity index (χ2v) is 5.84. The van der Waals surface area contributed by atoms with E-state index in [-0.39, 0.29) is 11.9 Å². The average Bonchev–Trinajstić information content (AvgIpc) is 3.08. The lowest BCUT2D eigenvalue weighted by Gasteiger charge is -2.23. The van der Waals surface area contributed by atoms with Crippen molar-refractivity contribution in [2.24, 2.45) is 0 Å². The Hall–Kier alpha value is -1.85. The molecule has 2 aromatic rings. The predicted octanol–water partition coefficient (Wildman–Crippen LogP) is 3.08. The van der Waals surface area contributed by atoms with Gasteiger partial charge in [-0.1, -0.05) is 0 Å². The third-order valence-electron chi connectivity index (χ3n) is 3.18. The molecular weight excluding hydrogens is 284 g/mol. The molecule has 0 spiro atoms. The number of thiophene rings is 1. The summed E-state index contributed by atoms with van der Waals surface area (Å²) < 4.78 is 5.38. The first-order chi connectivity index (χ1) is 10.1. The Balaban J connectivity index is 1.89. The van der Waals surface area contributed by atoms with Crippen molar-refractivity contribution >= 4 is 23.3 Å². The van der Waals surface area contributed by atoms with Gasteiger partial charge in [0.25, 0.3) is 0 Å². The van der Waals surface area contributed by atoms with Crippen molar-refractivity contribution in [1.82, 2.24) is 10.2 Å². The van der Waals surface area contributed by atoms with Gasteiger partial charge in [-0.2, -0.15) is 11.3 Å². The second-order valence-electron chi connectivity index (χ2n) is 5.06. The highest BCUT2D eigenvalue weighted by molar-refractivity contribution is 7.07. The maximum atomic E-state index is 11.9. The van der Waals surface area contributed by atoms with Gasteiger partial charge in [0.15, 0.2) is 0 Å². The standard InChI is InChI=1S/C16H20N2O2S/c1-12-4-5-14(20-12)6-7-16(19)17-10-15(18(2)3)13-8-9-21-11-13/h4-9,11,15H,10H2,1-3H3,(H,17,19)/b7-6+. The van der Waals surface area contributed by atoms with Crippen LogP contribution in [0.1, 0.15) is 23.1 Å². The van der Waals surface area contributed by atoms with Crippen molar-refractivity contribution in [3.05, 3.63) is 52.1 Å². The van der Waals surface area contributed by atoms with Crippen LogP contribution in [-0.4, -0.2) is 31.4 Å². The minimum Gasteiger partial charge on any atom is -0.462 e. The minimum atomic E-state index is -0.119. The molecule has 0 aliphatic heterocycles. The maximum absolute atomic E-state index is 11.9. The summed E-state index contributed by atoms with van der Waals surface area (Å²) in [6.07, 6.45) is 3.18. The van der Waals surface area contributed by atoms with E-state index < -0.39 is 0 Å². The molecule has 1 N–H and O–H groups in total. The number of carbonyl (C=O) groups is 1. The van der Waals surface area contributed by atoms with E-state index in [4.69, 9.17) is 4.42 Å². The molecule has 0 radical (unpaired) electrons. The first-order valence-corrected chi connectivity index (χ1v) is 7.71. The molecule has 4 nitrogen and oxygen atoms in total. The zero-order chi connectivity index (χ0) is 15.2. The van der Waals surface area contributed by atoms with E-state index in [1.165, 1.54) is 11.6 Å². The van der Waals surface area contributed by atoms with Gasteiger partial charge in [-0.05, 0) is 61.6 Å². The summed E-state index contributed by atoms with van der Waals surface area (Å²) in [4.78, 5) is 14.0. The van der Waals surface area contributed by atoms with Crippen LogP contribution in [-0.2, 0) is 4.79 Å². The van der Waals surface area contributed by atoms with Gasteiger partial charge in [-0.3, -0.25) is 4.79 Å². The highest BCUT2D eigenvalue weighted by Crippen LogP contribution is 2.19. The van der Waals surface area contributed by atoms with Crippen LogP contribution in [0.5, 0.6) is 0 Å². The summed E-state index contributed by atoms with van der Waals surface area (Å²) in [5.74, 6) is 1.40. The van der Waals surface area contributed by atoms with Crippen molar-refractivity contribution < 1.29 is 9.21 Å². The van der Waals surface area contributed by atoms with Gasteiger partial charge in [0.2, 0.25) is 5.91 Å². The Kier molecular flexibility index (Phi) is 5.36. The van der Waals surface area contributed by atoms with Gasteiger partial charge in [0.05, 0.1) is 6.04 Å². The molecule has 0 fully saturated rings. The van der Waals surface area contributed by atoms with E-state index in [0.29, 0.717) is 12.3 Å². The largest absolute Gasteiger partial charge is 0.462 e. The normalized spacial score (nSPS) is 13.0. The third-order valence-corrected chi connectivity index (χ3v) is 3.88. The number of carbonyl (C=O) groups excluding carboxylic acids is 1. The fourth-order valence-electron chi connectivity index (χ4n) is 2.02. The van der Waals surface area contributed by atoms with Gasteiger partial charge in [-0.15, -0.1) is 0 Å². The molecular formula is C16H20N2O2S. The zero-order valence-corrected chi connectivity index (χ0v) is 13.3. The number of rotatable bonds is 6. The van der Waals surface area contributed by atoms with Gasteiger partial charge < -0.3 is 14.6 Å².